The highest BCUT2D eigenvalue weighted by molar-refractivity contribution is 6.00. The first-order valence-electron chi connectivity index (χ1n) is 10.00. The highest BCUT2D eigenvalue weighted by atomic mass is 16.5. The summed E-state index contributed by atoms with van der Waals surface area (Å²) in [4.78, 5) is 13.4. The third kappa shape index (κ3) is 4.20. The molecule has 1 N–H and O–H groups in total. The van der Waals surface area contributed by atoms with Crippen molar-refractivity contribution < 1.29 is 9.53 Å². The Morgan fingerprint density at radius 1 is 1.21 bits per heavy atom. The van der Waals surface area contributed by atoms with E-state index in [4.69, 9.17) is 4.74 Å². The molecule has 28 heavy (non-hydrogen) atoms. The van der Waals surface area contributed by atoms with Crippen LogP contribution in [-0.2, 0) is 10.2 Å². The van der Waals surface area contributed by atoms with Crippen LogP contribution in [0.4, 0.5) is 5.69 Å². The lowest BCUT2D eigenvalue weighted by molar-refractivity contribution is -0.121. The molecule has 3 rings (SSSR count). The molecule has 0 aliphatic heterocycles. The lowest BCUT2D eigenvalue weighted by atomic mass is 9.77. The Morgan fingerprint density at radius 2 is 1.96 bits per heavy atom. The third-order valence-corrected chi connectivity index (χ3v) is 5.41. The van der Waals surface area contributed by atoms with Gasteiger partial charge in [0.15, 0.2) is 0 Å². The fourth-order valence-corrected chi connectivity index (χ4v) is 3.89. The van der Waals surface area contributed by atoms with E-state index >= 15 is 0 Å². The molecule has 0 atom stereocenters. The summed E-state index contributed by atoms with van der Waals surface area (Å²) in [5, 5.41) is 12.6. The number of nitrogens with one attached hydrogen (secondary N) is 1. The smallest absolute Gasteiger partial charge is 0.235 e. The molecule has 0 spiro atoms. The molecule has 146 valence electrons. The molecular weight excluding hydrogens is 348 g/mol. The largest absolute Gasteiger partial charge is 0.493 e. The van der Waals surface area contributed by atoms with Gasteiger partial charge in [0.2, 0.25) is 5.91 Å². The first-order valence-corrected chi connectivity index (χ1v) is 10.00. The lowest BCUT2D eigenvalue weighted by Gasteiger charge is -2.29. The summed E-state index contributed by atoms with van der Waals surface area (Å²) in [5.41, 5.74) is 2.67. The van der Waals surface area contributed by atoms with Crippen molar-refractivity contribution in [2.45, 2.75) is 51.9 Å². The van der Waals surface area contributed by atoms with E-state index in [9.17, 15) is 10.1 Å². The molecule has 2 aromatic rings. The van der Waals surface area contributed by atoms with Crippen LogP contribution in [0.5, 0.6) is 5.75 Å². The standard InChI is InChI=1S/C24H28N2O2/c1-17(2)16-28-21-9-10-22(19(14-21)15-25)26-23(27)24(11-4-5-12-24)20-8-6-7-18(3)13-20/h6-10,13-14,17H,4-5,11-12,16H2,1-3H3,(H,26,27). The maximum atomic E-state index is 13.4. The summed E-state index contributed by atoms with van der Waals surface area (Å²) in [7, 11) is 0. The van der Waals surface area contributed by atoms with Crippen molar-refractivity contribution in [1.82, 2.24) is 0 Å². The van der Waals surface area contributed by atoms with Crippen LogP contribution in [0.3, 0.4) is 0 Å². The van der Waals surface area contributed by atoms with E-state index in [0.717, 1.165) is 36.8 Å². The number of rotatable bonds is 6. The molecule has 1 aliphatic rings. The van der Waals surface area contributed by atoms with Crippen molar-refractivity contribution in [2.75, 3.05) is 11.9 Å². The van der Waals surface area contributed by atoms with Gasteiger partial charge in [0.05, 0.1) is 23.3 Å². The van der Waals surface area contributed by atoms with Crippen molar-refractivity contribution in [3.63, 3.8) is 0 Å². The van der Waals surface area contributed by atoms with Crippen LogP contribution in [0.15, 0.2) is 42.5 Å². The van der Waals surface area contributed by atoms with Crippen LogP contribution in [-0.4, -0.2) is 12.5 Å². The van der Waals surface area contributed by atoms with Crippen LogP contribution in [0.1, 0.15) is 56.2 Å². The van der Waals surface area contributed by atoms with E-state index in [2.05, 4.69) is 31.3 Å². The average Bonchev–Trinajstić information content (AvgIpc) is 3.18. The molecule has 4 nitrogen and oxygen atoms in total. The van der Waals surface area contributed by atoms with Gasteiger partial charge in [-0.2, -0.15) is 5.26 Å². The van der Waals surface area contributed by atoms with Crippen molar-refractivity contribution in [1.29, 1.82) is 5.26 Å². The second-order valence-electron chi connectivity index (χ2n) is 8.14. The van der Waals surface area contributed by atoms with E-state index in [1.807, 2.05) is 31.2 Å². The highest BCUT2D eigenvalue weighted by Gasteiger charge is 2.42. The number of carbonyl (C=O) groups excluding carboxylic acids is 1. The predicted molar refractivity (Wildman–Crippen MR) is 111 cm³/mol. The zero-order valence-electron chi connectivity index (χ0n) is 16.9. The average molecular weight is 377 g/mol. The molecule has 0 saturated heterocycles. The molecule has 2 aromatic carbocycles. The van der Waals surface area contributed by atoms with E-state index in [1.165, 1.54) is 0 Å². The van der Waals surface area contributed by atoms with Crippen molar-refractivity contribution >= 4 is 11.6 Å². The molecule has 0 aromatic heterocycles. The van der Waals surface area contributed by atoms with Gasteiger partial charge in [-0.1, -0.05) is 56.5 Å². The second kappa shape index (κ2) is 8.48. The molecule has 4 heteroatoms. The van der Waals surface area contributed by atoms with Crippen LogP contribution in [0, 0.1) is 24.2 Å². The second-order valence-corrected chi connectivity index (χ2v) is 8.14. The van der Waals surface area contributed by atoms with E-state index in [1.54, 1.807) is 12.1 Å². The molecule has 0 heterocycles. The van der Waals surface area contributed by atoms with Gasteiger partial charge in [0.25, 0.3) is 0 Å². The Labute approximate surface area is 167 Å². The van der Waals surface area contributed by atoms with Crippen LogP contribution < -0.4 is 10.1 Å². The van der Waals surface area contributed by atoms with Gasteiger partial charge in [-0.3, -0.25) is 4.79 Å². The SMILES string of the molecule is Cc1cccc(C2(C(=O)Nc3ccc(OCC(C)C)cc3C#N)CCCC2)c1. The maximum Gasteiger partial charge on any atom is 0.235 e. The molecule has 1 saturated carbocycles. The quantitative estimate of drug-likeness (QED) is 0.739. The molecule has 1 amide bonds. The van der Waals surface area contributed by atoms with Gasteiger partial charge < -0.3 is 10.1 Å². The lowest BCUT2D eigenvalue weighted by Crippen LogP contribution is -2.38. The number of carbonyl (C=O) groups is 1. The van der Waals surface area contributed by atoms with E-state index in [-0.39, 0.29) is 5.91 Å². The van der Waals surface area contributed by atoms with Gasteiger partial charge >= 0.3 is 0 Å². The minimum absolute atomic E-state index is 0.0250. The normalized spacial score (nSPS) is 15.2. The van der Waals surface area contributed by atoms with Crippen LogP contribution >= 0.6 is 0 Å². The number of ether oxygens (including phenoxy) is 1. The fourth-order valence-electron chi connectivity index (χ4n) is 3.89. The number of amides is 1. The number of nitrogens with zero attached hydrogens (tertiary/aromatic N) is 1. The summed E-state index contributed by atoms with van der Waals surface area (Å²) in [6, 6.07) is 15.7. The zero-order chi connectivity index (χ0) is 20.1. The van der Waals surface area contributed by atoms with Gasteiger partial charge in [-0.25, -0.2) is 0 Å². The first-order chi connectivity index (χ1) is 13.4. The van der Waals surface area contributed by atoms with Crippen LogP contribution in [0.2, 0.25) is 0 Å². The minimum atomic E-state index is -0.522. The summed E-state index contributed by atoms with van der Waals surface area (Å²) in [6.45, 7) is 6.79. The predicted octanol–water partition coefficient (Wildman–Crippen LogP) is 5.35. The Morgan fingerprint density at radius 3 is 2.61 bits per heavy atom. The summed E-state index contributed by atoms with van der Waals surface area (Å²) < 4.78 is 5.71. The monoisotopic (exact) mass is 376 g/mol. The number of hydrogen-bond acceptors (Lipinski definition) is 3. The Kier molecular flexibility index (Phi) is 6.04. The molecular formula is C24H28N2O2. The molecule has 0 bridgehead atoms. The topological polar surface area (TPSA) is 62.1 Å². The van der Waals surface area contributed by atoms with Crippen molar-refractivity contribution in [3.05, 3.63) is 59.2 Å². The first kappa shape index (κ1) is 19.9. The maximum absolute atomic E-state index is 13.4. The Balaban J connectivity index is 1.85. The summed E-state index contributed by atoms with van der Waals surface area (Å²) in [5.74, 6) is 1.03. The van der Waals surface area contributed by atoms with Crippen molar-refractivity contribution in [2.24, 2.45) is 5.92 Å². The molecule has 1 aliphatic carbocycles. The fraction of sp³-hybridized carbons (Fsp3) is 0.417. The number of anilines is 1. The molecule has 0 radical (unpaired) electrons. The molecule has 0 unspecified atom stereocenters. The number of aryl methyl sites for hydroxylation is 1. The van der Waals surface area contributed by atoms with Gasteiger partial charge in [-0.05, 0) is 49.4 Å². The third-order valence-electron chi connectivity index (χ3n) is 5.41. The minimum Gasteiger partial charge on any atom is -0.493 e. The highest BCUT2D eigenvalue weighted by Crippen LogP contribution is 2.42. The van der Waals surface area contributed by atoms with E-state index in [0.29, 0.717) is 29.5 Å². The van der Waals surface area contributed by atoms with Crippen molar-refractivity contribution in [3.8, 4) is 11.8 Å². The molecule has 1 fully saturated rings. The van der Waals surface area contributed by atoms with E-state index < -0.39 is 5.41 Å². The number of nitriles is 1. The number of benzene rings is 2. The Bertz CT molecular complexity index is 890. The Hall–Kier alpha value is -2.80. The van der Waals surface area contributed by atoms with Gasteiger partial charge in [-0.15, -0.1) is 0 Å². The van der Waals surface area contributed by atoms with Gasteiger partial charge in [0.1, 0.15) is 11.8 Å². The van der Waals surface area contributed by atoms with Crippen LogP contribution in [0.25, 0.3) is 0 Å². The summed E-state index contributed by atoms with van der Waals surface area (Å²) >= 11 is 0. The summed E-state index contributed by atoms with van der Waals surface area (Å²) in [6.07, 6.45) is 3.74. The van der Waals surface area contributed by atoms with Gasteiger partial charge in [0, 0.05) is 0 Å². The zero-order valence-corrected chi connectivity index (χ0v) is 16.9. The number of hydrogen-bond donors (Lipinski definition) is 1.